The number of nitrogens with one attached hydrogen (secondary N) is 1. The Hall–Kier alpha value is -0.410. The Balaban J connectivity index is 0.00000312. The second-order valence-electron chi connectivity index (χ2n) is 7.07. The standard InChI is InChI=1S/C18H33N5S.HI/c1-14-21-16(13-24-14)12-23(5)18(19-2)20-11-17(22(3)4)15-9-7-6-8-10-15;/h13,15,17H,6-12H2,1-5H3,(H,19,20);1H. The molecular formula is C18H34IN5S. The summed E-state index contributed by atoms with van der Waals surface area (Å²) < 4.78 is 0. The van der Waals surface area contributed by atoms with Crippen LogP contribution in [0.4, 0.5) is 0 Å². The molecule has 0 radical (unpaired) electrons. The lowest BCUT2D eigenvalue weighted by Gasteiger charge is -2.35. The summed E-state index contributed by atoms with van der Waals surface area (Å²) in [6, 6.07) is 0.567. The summed E-state index contributed by atoms with van der Waals surface area (Å²) in [5, 5.41) is 6.83. The molecule has 0 saturated heterocycles. The van der Waals surface area contributed by atoms with E-state index in [9.17, 15) is 0 Å². The summed E-state index contributed by atoms with van der Waals surface area (Å²) in [6.07, 6.45) is 6.88. The predicted octanol–water partition coefficient (Wildman–Crippen LogP) is 3.59. The number of thiazole rings is 1. The van der Waals surface area contributed by atoms with Gasteiger partial charge in [-0.25, -0.2) is 4.98 Å². The van der Waals surface area contributed by atoms with Crippen molar-refractivity contribution >= 4 is 41.3 Å². The molecule has 5 nitrogen and oxygen atoms in total. The van der Waals surface area contributed by atoms with Crippen LogP contribution in [0.3, 0.4) is 0 Å². The maximum atomic E-state index is 4.55. The molecule has 7 heteroatoms. The van der Waals surface area contributed by atoms with Crippen molar-refractivity contribution in [3.05, 3.63) is 16.1 Å². The van der Waals surface area contributed by atoms with Crippen LogP contribution < -0.4 is 5.32 Å². The highest BCUT2D eigenvalue weighted by Gasteiger charge is 2.25. The van der Waals surface area contributed by atoms with Gasteiger partial charge in [-0.15, -0.1) is 35.3 Å². The maximum absolute atomic E-state index is 4.55. The second kappa shape index (κ2) is 11.3. The van der Waals surface area contributed by atoms with Crippen LogP contribution in [0.2, 0.25) is 0 Å². The fourth-order valence-electron chi connectivity index (χ4n) is 3.67. The summed E-state index contributed by atoms with van der Waals surface area (Å²) >= 11 is 1.70. The predicted molar refractivity (Wildman–Crippen MR) is 119 cm³/mol. The molecule has 144 valence electrons. The molecule has 1 aliphatic carbocycles. The van der Waals surface area contributed by atoms with E-state index in [0.717, 1.165) is 35.7 Å². The first-order valence-corrected chi connectivity index (χ1v) is 9.88. The molecule has 0 aliphatic heterocycles. The van der Waals surface area contributed by atoms with Gasteiger partial charge in [0.25, 0.3) is 0 Å². The first-order valence-electron chi connectivity index (χ1n) is 9.00. The molecule has 1 aromatic heterocycles. The molecule has 0 aromatic carbocycles. The van der Waals surface area contributed by atoms with Gasteiger partial charge < -0.3 is 15.1 Å². The Labute approximate surface area is 174 Å². The van der Waals surface area contributed by atoms with E-state index in [1.54, 1.807) is 11.3 Å². The molecule has 25 heavy (non-hydrogen) atoms. The zero-order chi connectivity index (χ0) is 17.5. The van der Waals surface area contributed by atoms with E-state index in [2.05, 4.69) is 51.6 Å². The van der Waals surface area contributed by atoms with E-state index in [4.69, 9.17) is 0 Å². The fraction of sp³-hybridized carbons (Fsp3) is 0.778. The first kappa shape index (κ1) is 22.6. The monoisotopic (exact) mass is 479 g/mol. The zero-order valence-electron chi connectivity index (χ0n) is 16.3. The van der Waals surface area contributed by atoms with Gasteiger partial charge in [0, 0.05) is 32.1 Å². The summed E-state index contributed by atoms with van der Waals surface area (Å²) in [6.45, 7) is 3.79. The molecule has 1 heterocycles. The van der Waals surface area contributed by atoms with Crippen LogP contribution in [0.25, 0.3) is 0 Å². The van der Waals surface area contributed by atoms with Crippen molar-refractivity contribution < 1.29 is 0 Å². The summed E-state index contributed by atoms with van der Waals surface area (Å²) in [4.78, 5) is 13.5. The molecule has 1 aromatic rings. The number of hydrogen-bond acceptors (Lipinski definition) is 4. The van der Waals surface area contributed by atoms with Crippen molar-refractivity contribution in [1.82, 2.24) is 20.1 Å². The number of rotatable bonds is 6. The number of aryl methyl sites for hydroxylation is 1. The average Bonchev–Trinajstić information content (AvgIpc) is 2.97. The molecule has 1 fully saturated rings. The molecule has 2 rings (SSSR count). The van der Waals surface area contributed by atoms with E-state index in [0.29, 0.717) is 6.04 Å². The molecule has 0 amide bonds. The van der Waals surface area contributed by atoms with Gasteiger partial charge in [-0.2, -0.15) is 0 Å². The molecule has 0 spiro atoms. The molecule has 1 saturated carbocycles. The quantitative estimate of drug-likeness (QED) is 0.385. The summed E-state index contributed by atoms with van der Waals surface area (Å²) in [5.41, 5.74) is 1.11. The minimum Gasteiger partial charge on any atom is -0.355 e. The van der Waals surface area contributed by atoms with Crippen molar-refractivity contribution in [2.45, 2.75) is 51.6 Å². The Morgan fingerprint density at radius 3 is 2.52 bits per heavy atom. The highest BCUT2D eigenvalue weighted by atomic mass is 127. The van der Waals surface area contributed by atoms with Crippen molar-refractivity contribution in [3.8, 4) is 0 Å². The van der Waals surface area contributed by atoms with E-state index < -0.39 is 0 Å². The van der Waals surface area contributed by atoms with Crippen LogP contribution in [-0.2, 0) is 6.54 Å². The summed E-state index contributed by atoms with van der Waals surface area (Å²) in [5.74, 6) is 1.74. The number of likely N-dealkylation sites (N-methyl/N-ethyl adjacent to an activating group) is 1. The van der Waals surface area contributed by atoms with Crippen LogP contribution in [0, 0.1) is 12.8 Å². The van der Waals surface area contributed by atoms with E-state index in [1.165, 1.54) is 32.1 Å². The highest BCUT2D eigenvalue weighted by molar-refractivity contribution is 14.0. The molecule has 1 unspecified atom stereocenters. The van der Waals surface area contributed by atoms with Gasteiger partial charge in [-0.1, -0.05) is 19.3 Å². The van der Waals surface area contributed by atoms with Crippen LogP contribution in [0.5, 0.6) is 0 Å². The van der Waals surface area contributed by atoms with Crippen molar-refractivity contribution in [3.63, 3.8) is 0 Å². The topological polar surface area (TPSA) is 43.8 Å². The number of aliphatic imine (C=N–C) groups is 1. The molecular weight excluding hydrogens is 445 g/mol. The minimum atomic E-state index is 0. The van der Waals surface area contributed by atoms with Gasteiger partial charge in [-0.05, 0) is 39.8 Å². The third kappa shape index (κ3) is 7.02. The number of halogens is 1. The third-order valence-electron chi connectivity index (χ3n) is 4.97. The van der Waals surface area contributed by atoms with Gasteiger partial charge in [0.2, 0.25) is 0 Å². The smallest absolute Gasteiger partial charge is 0.193 e. The Kier molecular flexibility index (Phi) is 10.3. The van der Waals surface area contributed by atoms with E-state index >= 15 is 0 Å². The van der Waals surface area contributed by atoms with Crippen molar-refractivity contribution in [1.29, 1.82) is 0 Å². The molecule has 1 atom stereocenters. The lowest BCUT2D eigenvalue weighted by atomic mass is 9.83. The summed E-state index contributed by atoms with van der Waals surface area (Å²) in [7, 11) is 8.34. The van der Waals surface area contributed by atoms with Gasteiger partial charge in [-0.3, -0.25) is 4.99 Å². The van der Waals surface area contributed by atoms with Crippen LogP contribution in [0.1, 0.15) is 42.8 Å². The van der Waals surface area contributed by atoms with Crippen molar-refractivity contribution in [2.24, 2.45) is 10.9 Å². The maximum Gasteiger partial charge on any atom is 0.193 e. The minimum absolute atomic E-state index is 0. The van der Waals surface area contributed by atoms with Crippen LogP contribution in [0.15, 0.2) is 10.4 Å². The second-order valence-corrected chi connectivity index (χ2v) is 8.13. The number of hydrogen-bond donors (Lipinski definition) is 1. The number of nitrogens with zero attached hydrogens (tertiary/aromatic N) is 4. The Morgan fingerprint density at radius 1 is 1.32 bits per heavy atom. The molecule has 1 aliphatic rings. The molecule has 1 N–H and O–H groups in total. The van der Waals surface area contributed by atoms with Gasteiger partial charge in [0.05, 0.1) is 17.2 Å². The molecule has 0 bridgehead atoms. The largest absolute Gasteiger partial charge is 0.355 e. The SMILES string of the molecule is CN=C(NCC(C1CCCCC1)N(C)C)N(C)Cc1csc(C)n1.I. The lowest BCUT2D eigenvalue weighted by Crippen LogP contribution is -2.48. The van der Waals surface area contributed by atoms with Crippen LogP contribution >= 0.6 is 35.3 Å². The van der Waals surface area contributed by atoms with Gasteiger partial charge in [0.1, 0.15) is 0 Å². The zero-order valence-corrected chi connectivity index (χ0v) is 19.4. The number of aromatic nitrogens is 1. The number of guanidine groups is 1. The van der Waals surface area contributed by atoms with E-state index in [-0.39, 0.29) is 24.0 Å². The van der Waals surface area contributed by atoms with E-state index in [1.807, 2.05) is 14.0 Å². The van der Waals surface area contributed by atoms with Crippen molar-refractivity contribution in [2.75, 3.05) is 34.7 Å². The fourth-order valence-corrected chi connectivity index (χ4v) is 4.27. The first-order chi connectivity index (χ1) is 11.5. The lowest BCUT2D eigenvalue weighted by molar-refractivity contribution is 0.170. The average molecular weight is 479 g/mol. The Morgan fingerprint density at radius 2 is 2.00 bits per heavy atom. The normalized spacial score (nSPS) is 17.3. The van der Waals surface area contributed by atoms with Gasteiger partial charge >= 0.3 is 0 Å². The van der Waals surface area contributed by atoms with Gasteiger partial charge in [0.15, 0.2) is 5.96 Å². The Bertz CT molecular complexity index is 525. The van der Waals surface area contributed by atoms with Crippen LogP contribution in [-0.4, -0.2) is 61.5 Å². The highest BCUT2D eigenvalue weighted by Crippen LogP contribution is 2.28. The third-order valence-corrected chi connectivity index (χ3v) is 5.79.